The lowest BCUT2D eigenvalue weighted by molar-refractivity contribution is -0.113. The molecule has 0 fully saturated rings. The van der Waals surface area contributed by atoms with Gasteiger partial charge in [-0.15, -0.1) is 11.8 Å². The third kappa shape index (κ3) is 3.94. The first-order valence-corrected chi connectivity index (χ1v) is 9.14. The number of benzene rings is 2. The lowest BCUT2D eigenvalue weighted by Crippen LogP contribution is -2.23. The van der Waals surface area contributed by atoms with Crippen LogP contribution in [0.3, 0.4) is 0 Å². The van der Waals surface area contributed by atoms with Gasteiger partial charge >= 0.3 is 0 Å². The predicted molar refractivity (Wildman–Crippen MR) is 103 cm³/mol. The van der Waals surface area contributed by atoms with Crippen LogP contribution in [0.25, 0.3) is 0 Å². The van der Waals surface area contributed by atoms with E-state index in [2.05, 4.69) is 24.0 Å². The Morgan fingerprint density at radius 2 is 1.96 bits per heavy atom. The Labute approximate surface area is 151 Å². The Kier molecular flexibility index (Phi) is 5.24. The maximum Gasteiger partial charge on any atom is 0.255 e. The van der Waals surface area contributed by atoms with E-state index in [0.717, 1.165) is 17.9 Å². The highest BCUT2D eigenvalue weighted by atomic mass is 32.2. The average molecular weight is 352 g/mol. The van der Waals surface area contributed by atoms with Crippen molar-refractivity contribution in [1.82, 2.24) is 0 Å². The quantitative estimate of drug-likeness (QED) is 0.842. The van der Waals surface area contributed by atoms with Crippen LogP contribution >= 0.6 is 11.8 Å². The highest BCUT2D eigenvalue weighted by Gasteiger charge is 2.13. The number of likely N-dealkylation sites (N-methyl/N-ethyl adjacent to an activating group) is 1. The number of aryl methyl sites for hydroxylation is 1. The summed E-state index contributed by atoms with van der Waals surface area (Å²) in [6, 6.07) is 13.0. The Morgan fingerprint density at radius 1 is 1.20 bits per heavy atom. The maximum atomic E-state index is 12.4. The first-order chi connectivity index (χ1) is 12.1. The minimum absolute atomic E-state index is 0.160. The van der Waals surface area contributed by atoms with Crippen molar-refractivity contribution in [3.05, 3.63) is 66.2 Å². The average Bonchev–Trinajstić information content (AvgIpc) is 2.66. The Bertz CT molecular complexity index is 815. The van der Waals surface area contributed by atoms with E-state index >= 15 is 0 Å². The Balaban J connectivity index is 1.71. The lowest BCUT2D eigenvalue weighted by Gasteiger charge is -2.17. The smallest absolute Gasteiger partial charge is 0.255 e. The van der Waals surface area contributed by atoms with Crippen LogP contribution in [-0.2, 0) is 11.2 Å². The topological polar surface area (TPSA) is 49.4 Å². The van der Waals surface area contributed by atoms with E-state index in [4.69, 9.17) is 0 Å². The summed E-state index contributed by atoms with van der Waals surface area (Å²) in [6.07, 6.45) is 3.49. The van der Waals surface area contributed by atoms with Gasteiger partial charge in [0.15, 0.2) is 0 Å². The van der Waals surface area contributed by atoms with Crippen molar-refractivity contribution in [1.29, 1.82) is 0 Å². The second-order valence-corrected chi connectivity index (χ2v) is 7.01. The molecular formula is C20H20N2O2S. The van der Waals surface area contributed by atoms with E-state index in [1.807, 2.05) is 17.8 Å². The minimum Gasteiger partial charge on any atom is -0.322 e. The van der Waals surface area contributed by atoms with Gasteiger partial charge in [0.05, 0.1) is 0 Å². The molecule has 3 rings (SSSR count). The van der Waals surface area contributed by atoms with Crippen molar-refractivity contribution in [3.8, 4) is 0 Å². The zero-order chi connectivity index (χ0) is 17.8. The second kappa shape index (κ2) is 7.57. The van der Waals surface area contributed by atoms with Crippen LogP contribution in [0.2, 0.25) is 0 Å². The number of rotatable bonds is 4. The summed E-state index contributed by atoms with van der Waals surface area (Å²) < 4.78 is 0. The van der Waals surface area contributed by atoms with Crippen molar-refractivity contribution >= 4 is 35.0 Å². The number of nitrogens with one attached hydrogen (secondary N) is 1. The first kappa shape index (κ1) is 17.3. The molecule has 4 nitrogen and oxygen atoms in total. The van der Waals surface area contributed by atoms with Gasteiger partial charge in [-0.25, -0.2) is 0 Å². The standard InChI is InChI=1S/C20H20N2O2S/c1-3-19(23)22(2)17-9-6-14(7-10-17)20(24)21-16-8-11-18-15(13-16)5-4-12-25-18/h3,6-11,13H,1,4-5,12H2,2H3,(H,21,24). The van der Waals surface area contributed by atoms with E-state index in [1.54, 1.807) is 31.3 Å². The van der Waals surface area contributed by atoms with Gasteiger partial charge in [-0.1, -0.05) is 6.58 Å². The van der Waals surface area contributed by atoms with Gasteiger partial charge in [-0.3, -0.25) is 9.59 Å². The van der Waals surface area contributed by atoms with Gasteiger partial charge in [0.1, 0.15) is 0 Å². The van der Waals surface area contributed by atoms with Crippen LogP contribution < -0.4 is 10.2 Å². The molecule has 2 aromatic rings. The maximum absolute atomic E-state index is 12.4. The van der Waals surface area contributed by atoms with Gasteiger partial charge in [0.25, 0.3) is 5.91 Å². The summed E-state index contributed by atoms with van der Waals surface area (Å²) >= 11 is 1.87. The molecule has 0 aliphatic carbocycles. The number of anilines is 2. The van der Waals surface area contributed by atoms with Crippen molar-refractivity contribution in [2.24, 2.45) is 0 Å². The molecule has 0 unspecified atom stereocenters. The highest BCUT2D eigenvalue weighted by Crippen LogP contribution is 2.31. The summed E-state index contributed by atoms with van der Waals surface area (Å²) in [5.41, 5.74) is 3.38. The number of thioether (sulfide) groups is 1. The molecule has 0 atom stereocenters. The fourth-order valence-corrected chi connectivity index (χ4v) is 3.76. The van der Waals surface area contributed by atoms with Gasteiger partial charge < -0.3 is 10.2 Å². The van der Waals surface area contributed by atoms with Crippen molar-refractivity contribution in [2.75, 3.05) is 23.0 Å². The molecule has 5 heteroatoms. The first-order valence-electron chi connectivity index (χ1n) is 8.16. The monoisotopic (exact) mass is 352 g/mol. The van der Waals surface area contributed by atoms with Crippen LogP contribution in [0.15, 0.2) is 60.0 Å². The van der Waals surface area contributed by atoms with Gasteiger partial charge in [-0.2, -0.15) is 0 Å². The predicted octanol–water partition coefficient (Wildman–Crippen LogP) is 4.13. The molecule has 2 aromatic carbocycles. The summed E-state index contributed by atoms with van der Waals surface area (Å²) in [6.45, 7) is 3.47. The fourth-order valence-electron chi connectivity index (χ4n) is 2.74. The summed E-state index contributed by atoms with van der Waals surface area (Å²) in [5.74, 6) is 0.810. The number of carbonyl (C=O) groups excluding carboxylic acids is 2. The summed E-state index contributed by atoms with van der Waals surface area (Å²) in [5, 5.41) is 2.95. The highest BCUT2D eigenvalue weighted by molar-refractivity contribution is 7.99. The fraction of sp³-hybridized carbons (Fsp3) is 0.200. The Morgan fingerprint density at radius 3 is 2.68 bits per heavy atom. The van der Waals surface area contributed by atoms with Crippen LogP contribution in [0.1, 0.15) is 22.3 Å². The molecule has 0 saturated carbocycles. The van der Waals surface area contributed by atoms with Crippen LogP contribution in [0, 0.1) is 0 Å². The summed E-state index contributed by atoms with van der Waals surface area (Å²) in [4.78, 5) is 26.8. The van der Waals surface area contributed by atoms with E-state index < -0.39 is 0 Å². The largest absolute Gasteiger partial charge is 0.322 e. The second-order valence-electron chi connectivity index (χ2n) is 5.88. The van der Waals surface area contributed by atoms with Gasteiger partial charge in [-0.05, 0) is 72.7 Å². The molecule has 0 spiro atoms. The van der Waals surface area contributed by atoms with Crippen LogP contribution in [0.4, 0.5) is 11.4 Å². The molecule has 0 radical (unpaired) electrons. The summed E-state index contributed by atoms with van der Waals surface area (Å²) in [7, 11) is 1.67. The van der Waals surface area contributed by atoms with Crippen molar-refractivity contribution < 1.29 is 9.59 Å². The molecule has 25 heavy (non-hydrogen) atoms. The molecule has 1 N–H and O–H groups in total. The van der Waals surface area contributed by atoms with Crippen LogP contribution in [0.5, 0.6) is 0 Å². The lowest BCUT2D eigenvalue weighted by atomic mass is 10.1. The number of hydrogen-bond acceptors (Lipinski definition) is 3. The molecule has 0 saturated heterocycles. The molecule has 0 bridgehead atoms. The molecule has 128 valence electrons. The van der Waals surface area contributed by atoms with Crippen LogP contribution in [-0.4, -0.2) is 24.6 Å². The van der Waals surface area contributed by atoms with Gasteiger partial charge in [0, 0.05) is 28.9 Å². The van der Waals surface area contributed by atoms with E-state index in [9.17, 15) is 9.59 Å². The number of nitrogens with zero attached hydrogens (tertiary/aromatic N) is 1. The third-order valence-electron chi connectivity index (χ3n) is 4.19. The van der Waals surface area contributed by atoms with E-state index in [1.165, 1.54) is 27.9 Å². The zero-order valence-corrected chi connectivity index (χ0v) is 14.9. The molecule has 0 aromatic heterocycles. The van der Waals surface area contributed by atoms with E-state index in [-0.39, 0.29) is 11.8 Å². The molecule has 1 aliphatic heterocycles. The van der Waals surface area contributed by atoms with Gasteiger partial charge in [0.2, 0.25) is 5.91 Å². The minimum atomic E-state index is -0.191. The van der Waals surface area contributed by atoms with Crippen molar-refractivity contribution in [2.45, 2.75) is 17.7 Å². The number of hydrogen-bond donors (Lipinski definition) is 1. The van der Waals surface area contributed by atoms with Crippen molar-refractivity contribution in [3.63, 3.8) is 0 Å². The third-order valence-corrected chi connectivity index (χ3v) is 5.39. The molecule has 2 amide bonds. The molecular weight excluding hydrogens is 332 g/mol. The number of carbonyl (C=O) groups is 2. The zero-order valence-electron chi connectivity index (χ0n) is 14.1. The normalized spacial score (nSPS) is 12.8. The number of fused-ring (bicyclic) bond motifs is 1. The Hall–Kier alpha value is -2.53. The number of amides is 2. The molecule has 1 heterocycles. The van der Waals surface area contributed by atoms with E-state index in [0.29, 0.717) is 11.3 Å². The molecule has 1 aliphatic rings. The SMILES string of the molecule is C=CC(=O)N(C)c1ccc(C(=O)Nc2ccc3c(c2)CCCS3)cc1.